The molecule has 7 nitrogen and oxygen atoms in total. The van der Waals surface area contributed by atoms with Crippen LogP contribution in [0.3, 0.4) is 0 Å². The molecule has 3 rings (SSSR count). The summed E-state index contributed by atoms with van der Waals surface area (Å²) in [5, 5.41) is 2.63. The second-order valence-corrected chi connectivity index (χ2v) is 7.22. The third-order valence-corrected chi connectivity index (χ3v) is 5.30. The van der Waals surface area contributed by atoms with Crippen LogP contribution < -0.4 is 10.0 Å². The molecule has 3 aromatic rings. The minimum absolute atomic E-state index is 0.0139. The van der Waals surface area contributed by atoms with Crippen LogP contribution in [0.15, 0.2) is 60.0 Å². The molecule has 0 aliphatic heterocycles. The average Bonchev–Trinajstić information content (AvgIpc) is 3.08. The summed E-state index contributed by atoms with van der Waals surface area (Å²) in [6.45, 7) is 3.82. The quantitative estimate of drug-likeness (QED) is 0.645. The lowest BCUT2D eigenvalue weighted by Gasteiger charge is -2.12. The predicted molar refractivity (Wildman–Crippen MR) is 97.2 cm³/mol. The van der Waals surface area contributed by atoms with Gasteiger partial charge in [-0.2, -0.15) is 8.75 Å². The van der Waals surface area contributed by atoms with Gasteiger partial charge in [0.25, 0.3) is 15.9 Å². The monoisotopic (exact) mass is 374 g/mol. The van der Waals surface area contributed by atoms with Crippen LogP contribution in [-0.4, -0.2) is 29.6 Å². The number of nitrogens with zero attached hydrogens (tertiary/aromatic N) is 2. The van der Waals surface area contributed by atoms with Gasteiger partial charge in [0.05, 0.1) is 23.0 Å². The van der Waals surface area contributed by atoms with E-state index in [0.29, 0.717) is 11.0 Å². The zero-order chi connectivity index (χ0) is 17.9. The highest BCUT2D eigenvalue weighted by molar-refractivity contribution is 7.93. The zero-order valence-electron chi connectivity index (χ0n) is 13.0. The first-order chi connectivity index (χ1) is 12.0. The summed E-state index contributed by atoms with van der Waals surface area (Å²) in [6.07, 6.45) is 1.54. The smallest absolute Gasteiger partial charge is 0.264 e. The summed E-state index contributed by atoms with van der Waals surface area (Å²) in [4.78, 5) is 12.2. The van der Waals surface area contributed by atoms with Crippen molar-refractivity contribution >= 4 is 44.4 Å². The minimum atomic E-state index is -3.93. The molecule has 1 heterocycles. The van der Waals surface area contributed by atoms with E-state index in [1.165, 1.54) is 12.1 Å². The van der Waals surface area contributed by atoms with Gasteiger partial charge in [0.15, 0.2) is 0 Å². The van der Waals surface area contributed by atoms with Gasteiger partial charge in [-0.05, 0) is 24.3 Å². The van der Waals surface area contributed by atoms with Crippen LogP contribution in [0, 0.1) is 0 Å². The molecule has 0 aliphatic carbocycles. The molecule has 0 saturated carbocycles. The maximum atomic E-state index is 12.8. The lowest BCUT2D eigenvalue weighted by molar-refractivity contribution is 0.0959. The molecule has 128 valence electrons. The normalized spacial score (nSPS) is 11.2. The fourth-order valence-corrected chi connectivity index (χ4v) is 4.08. The fourth-order valence-electron chi connectivity index (χ4n) is 2.23. The number of fused-ring (bicyclic) bond motifs is 1. The van der Waals surface area contributed by atoms with Crippen molar-refractivity contribution in [2.75, 3.05) is 11.3 Å². The van der Waals surface area contributed by atoms with E-state index in [4.69, 9.17) is 0 Å². The van der Waals surface area contributed by atoms with Gasteiger partial charge in [-0.3, -0.25) is 9.52 Å². The fraction of sp³-hybridized carbons (Fsp3) is 0.0625. The van der Waals surface area contributed by atoms with Crippen molar-refractivity contribution in [1.82, 2.24) is 14.1 Å². The summed E-state index contributed by atoms with van der Waals surface area (Å²) >= 11 is 0.941. The van der Waals surface area contributed by atoms with Crippen LogP contribution in [0.25, 0.3) is 11.0 Å². The first-order valence-corrected chi connectivity index (χ1v) is 9.46. The van der Waals surface area contributed by atoms with E-state index in [-0.39, 0.29) is 22.7 Å². The Balaban J connectivity index is 1.98. The number of para-hydroxylation sites is 1. The van der Waals surface area contributed by atoms with Gasteiger partial charge >= 0.3 is 0 Å². The molecule has 0 unspecified atom stereocenters. The molecule has 0 spiro atoms. The van der Waals surface area contributed by atoms with E-state index in [0.717, 1.165) is 11.7 Å². The van der Waals surface area contributed by atoms with Crippen LogP contribution in [0.4, 0.5) is 5.69 Å². The summed E-state index contributed by atoms with van der Waals surface area (Å²) in [5.41, 5.74) is 1.21. The van der Waals surface area contributed by atoms with Gasteiger partial charge in [-0.15, -0.1) is 6.58 Å². The lowest BCUT2D eigenvalue weighted by Crippen LogP contribution is -2.25. The highest BCUT2D eigenvalue weighted by Crippen LogP contribution is 2.25. The zero-order valence-corrected chi connectivity index (χ0v) is 14.6. The molecule has 0 aliphatic rings. The molecule has 0 atom stereocenters. The second kappa shape index (κ2) is 6.99. The van der Waals surface area contributed by atoms with Crippen molar-refractivity contribution < 1.29 is 13.2 Å². The Morgan fingerprint density at radius 3 is 2.76 bits per heavy atom. The molecule has 25 heavy (non-hydrogen) atoms. The third-order valence-electron chi connectivity index (χ3n) is 3.36. The van der Waals surface area contributed by atoms with E-state index in [2.05, 4.69) is 25.4 Å². The standard InChI is InChI=1S/C16H14N4O3S2/c1-2-10-17-16(21)11-6-3-4-7-12(11)20-25(22,23)14-9-5-8-13-15(14)19-24-18-13/h2-9,20H,1,10H2,(H,17,21). The highest BCUT2D eigenvalue weighted by atomic mass is 32.2. The maximum absolute atomic E-state index is 12.8. The molecule has 1 amide bonds. The lowest BCUT2D eigenvalue weighted by atomic mass is 10.1. The number of rotatable bonds is 6. The van der Waals surface area contributed by atoms with Gasteiger partial charge in [-0.1, -0.05) is 24.3 Å². The van der Waals surface area contributed by atoms with Crippen molar-refractivity contribution in [3.63, 3.8) is 0 Å². The van der Waals surface area contributed by atoms with Crippen LogP contribution in [0.5, 0.6) is 0 Å². The van der Waals surface area contributed by atoms with Crippen molar-refractivity contribution in [2.45, 2.75) is 4.90 Å². The second-order valence-electron chi connectivity index (χ2n) is 5.04. The maximum Gasteiger partial charge on any atom is 0.264 e. The number of carbonyl (C=O) groups excluding carboxylic acids is 1. The number of nitrogens with one attached hydrogen (secondary N) is 2. The molecular formula is C16H14N4O3S2. The SMILES string of the molecule is C=CCNC(=O)c1ccccc1NS(=O)(=O)c1cccc2nsnc12. The van der Waals surface area contributed by atoms with Crippen molar-refractivity contribution in [1.29, 1.82) is 0 Å². The summed E-state index contributed by atoms with van der Waals surface area (Å²) in [6, 6.07) is 11.1. The Hall–Kier alpha value is -2.78. The number of sulfonamides is 1. The van der Waals surface area contributed by atoms with Crippen molar-refractivity contribution in [2.24, 2.45) is 0 Å². The molecule has 0 saturated heterocycles. The predicted octanol–water partition coefficient (Wildman–Crippen LogP) is 2.41. The number of aromatic nitrogens is 2. The number of benzene rings is 2. The van der Waals surface area contributed by atoms with E-state index < -0.39 is 15.9 Å². The van der Waals surface area contributed by atoms with E-state index >= 15 is 0 Å². The van der Waals surface area contributed by atoms with Gasteiger partial charge in [0.2, 0.25) is 0 Å². The molecule has 2 N–H and O–H groups in total. The largest absolute Gasteiger partial charge is 0.349 e. The Morgan fingerprint density at radius 2 is 1.96 bits per heavy atom. The summed E-state index contributed by atoms with van der Waals surface area (Å²) < 4.78 is 36.1. The topological polar surface area (TPSA) is 101 Å². The van der Waals surface area contributed by atoms with E-state index in [9.17, 15) is 13.2 Å². The number of hydrogen-bond donors (Lipinski definition) is 2. The third kappa shape index (κ3) is 3.52. The Morgan fingerprint density at radius 1 is 1.16 bits per heavy atom. The van der Waals surface area contributed by atoms with Gasteiger partial charge < -0.3 is 5.32 Å². The summed E-state index contributed by atoms with van der Waals surface area (Å²) in [7, 11) is -3.93. The van der Waals surface area contributed by atoms with Gasteiger partial charge in [0.1, 0.15) is 15.9 Å². The summed E-state index contributed by atoms with van der Waals surface area (Å²) in [5.74, 6) is -0.397. The number of anilines is 1. The first kappa shape index (κ1) is 17.1. The van der Waals surface area contributed by atoms with Crippen molar-refractivity contribution in [3.05, 3.63) is 60.7 Å². The Bertz CT molecular complexity index is 1040. The Labute approximate surface area is 148 Å². The molecule has 0 bridgehead atoms. The molecule has 2 aromatic carbocycles. The van der Waals surface area contributed by atoms with Crippen molar-refractivity contribution in [3.8, 4) is 0 Å². The molecule has 1 aromatic heterocycles. The molecule has 0 radical (unpaired) electrons. The first-order valence-electron chi connectivity index (χ1n) is 7.25. The van der Waals surface area contributed by atoms with Crippen LogP contribution in [0.1, 0.15) is 10.4 Å². The number of amides is 1. The van der Waals surface area contributed by atoms with Gasteiger partial charge in [-0.25, -0.2) is 8.42 Å². The van der Waals surface area contributed by atoms with E-state index in [1.54, 1.807) is 36.4 Å². The van der Waals surface area contributed by atoms with Crippen LogP contribution >= 0.6 is 11.7 Å². The van der Waals surface area contributed by atoms with Crippen LogP contribution in [-0.2, 0) is 10.0 Å². The van der Waals surface area contributed by atoms with E-state index in [1.807, 2.05) is 0 Å². The minimum Gasteiger partial charge on any atom is -0.349 e. The van der Waals surface area contributed by atoms with Gasteiger partial charge in [0, 0.05) is 6.54 Å². The Kier molecular flexibility index (Phi) is 4.77. The highest BCUT2D eigenvalue weighted by Gasteiger charge is 2.22. The average molecular weight is 374 g/mol. The van der Waals surface area contributed by atoms with Crippen LogP contribution in [0.2, 0.25) is 0 Å². The number of carbonyl (C=O) groups is 1. The molecular weight excluding hydrogens is 360 g/mol. The molecule has 9 heteroatoms. The molecule has 0 fully saturated rings. The number of hydrogen-bond acceptors (Lipinski definition) is 6.